The van der Waals surface area contributed by atoms with Crippen LogP contribution in [0.3, 0.4) is 0 Å². The fraction of sp³-hybridized carbons (Fsp3) is 0.0294. The highest BCUT2D eigenvalue weighted by Gasteiger charge is 2.57. The fourth-order valence-corrected chi connectivity index (χ4v) is 12.6. The summed E-state index contributed by atoms with van der Waals surface area (Å²) in [5.74, 6) is 0. The van der Waals surface area contributed by atoms with E-state index in [0.717, 1.165) is 22.7 Å². The zero-order valence-corrected chi connectivity index (χ0v) is 38.5. The quantitative estimate of drug-likeness (QED) is 0.148. The Bertz CT molecular complexity index is 3930. The van der Waals surface area contributed by atoms with E-state index in [0.29, 0.717) is 0 Å². The minimum absolute atomic E-state index is 0.517. The molecule has 0 bridgehead atoms. The first kappa shape index (κ1) is 40.1. The molecular formula is C68H46N2. The molecule has 0 fully saturated rings. The van der Waals surface area contributed by atoms with Crippen molar-refractivity contribution >= 4 is 38.9 Å². The summed E-state index contributed by atoms with van der Waals surface area (Å²) >= 11 is 0. The number of benzene rings is 11. The Balaban J connectivity index is 1.04. The van der Waals surface area contributed by atoms with E-state index in [9.17, 15) is 0 Å². The molecule has 0 N–H and O–H groups in total. The van der Waals surface area contributed by atoms with Gasteiger partial charge in [0, 0.05) is 33.5 Å². The summed E-state index contributed by atoms with van der Waals surface area (Å²) in [6.07, 6.45) is 0. The minimum atomic E-state index is -0.685. The van der Waals surface area contributed by atoms with Crippen LogP contribution in [0.2, 0.25) is 0 Å². The molecule has 1 aromatic heterocycles. The van der Waals surface area contributed by atoms with E-state index in [2.05, 4.69) is 289 Å². The molecule has 12 aromatic rings. The Morgan fingerprint density at radius 3 is 1.53 bits per heavy atom. The van der Waals surface area contributed by atoms with Crippen molar-refractivity contribution in [2.24, 2.45) is 0 Å². The highest BCUT2D eigenvalue weighted by Crippen LogP contribution is 2.66. The molecule has 70 heavy (non-hydrogen) atoms. The van der Waals surface area contributed by atoms with Crippen LogP contribution in [0.25, 0.3) is 49.7 Å². The molecule has 2 heteroatoms. The van der Waals surface area contributed by atoms with Crippen molar-refractivity contribution in [1.82, 2.24) is 4.57 Å². The Morgan fingerprint density at radius 1 is 0.286 bits per heavy atom. The molecule has 0 saturated heterocycles. The van der Waals surface area contributed by atoms with Crippen LogP contribution in [-0.2, 0) is 10.8 Å². The van der Waals surface area contributed by atoms with E-state index in [-0.39, 0.29) is 0 Å². The Morgan fingerprint density at radius 2 is 0.786 bits per heavy atom. The molecule has 14 rings (SSSR count). The van der Waals surface area contributed by atoms with Gasteiger partial charge in [-0.2, -0.15) is 0 Å². The fourth-order valence-electron chi connectivity index (χ4n) is 12.6. The number of para-hydroxylation sites is 2. The van der Waals surface area contributed by atoms with E-state index in [1.165, 1.54) is 88.6 Å². The lowest BCUT2D eigenvalue weighted by Gasteiger charge is -2.49. The first-order valence-corrected chi connectivity index (χ1v) is 24.3. The van der Waals surface area contributed by atoms with Crippen molar-refractivity contribution in [3.63, 3.8) is 0 Å². The van der Waals surface area contributed by atoms with Crippen LogP contribution in [0.5, 0.6) is 0 Å². The predicted octanol–water partition coefficient (Wildman–Crippen LogP) is 17.0. The first-order chi connectivity index (χ1) is 34.7. The van der Waals surface area contributed by atoms with Gasteiger partial charge < -0.3 is 9.47 Å². The number of hydrogen-bond acceptors (Lipinski definition) is 1. The largest absolute Gasteiger partial charge is 0.310 e. The second-order valence-corrected chi connectivity index (χ2v) is 18.7. The molecule has 2 atom stereocenters. The molecule has 2 nitrogen and oxygen atoms in total. The number of anilines is 3. The number of hydrogen-bond donors (Lipinski definition) is 0. The number of nitrogens with zero attached hydrogens (tertiary/aromatic N) is 2. The molecule has 1 heterocycles. The molecule has 2 aliphatic rings. The van der Waals surface area contributed by atoms with Gasteiger partial charge in [-0.3, -0.25) is 0 Å². The second kappa shape index (κ2) is 15.8. The first-order valence-electron chi connectivity index (χ1n) is 24.3. The zero-order chi connectivity index (χ0) is 46.2. The second-order valence-electron chi connectivity index (χ2n) is 18.7. The van der Waals surface area contributed by atoms with Crippen molar-refractivity contribution in [2.75, 3.05) is 4.90 Å². The lowest BCUT2D eigenvalue weighted by atomic mass is 9.51. The van der Waals surface area contributed by atoms with Gasteiger partial charge >= 0.3 is 0 Å². The van der Waals surface area contributed by atoms with Crippen molar-refractivity contribution in [2.45, 2.75) is 10.8 Å². The molecule has 0 aliphatic heterocycles. The molecular weight excluding hydrogens is 845 g/mol. The van der Waals surface area contributed by atoms with Crippen LogP contribution in [0.4, 0.5) is 17.1 Å². The summed E-state index contributed by atoms with van der Waals surface area (Å²) in [5, 5.41) is 2.43. The predicted molar refractivity (Wildman–Crippen MR) is 290 cm³/mol. The van der Waals surface area contributed by atoms with Gasteiger partial charge in [-0.25, -0.2) is 0 Å². The molecule has 0 saturated carbocycles. The van der Waals surface area contributed by atoms with Gasteiger partial charge in [-0.15, -0.1) is 0 Å². The Hall–Kier alpha value is -8.98. The monoisotopic (exact) mass is 890 g/mol. The van der Waals surface area contributed by atoms with E-state index in [1.54, 1.807) is 0 Å². The van der Waals surface area contributed by atoms with Crippen LogP contribution < -0.4 is 4.90 Å². The zero-order valence-electron chi connectivity index (χ0n) is 38.5. The third-order valence-electron chi connectivity index (χ3n) is 15.3. The number of fused-ring (bicyclic) bond motifs is 8. The lowest BCUT2D eigenvalue weighted by molar-refractivity contribution is 0.627. The molecule has 11 aromatic carbocycles. The summed E-state index contributed by atoms with van der Waals surface area (Å²) < 4.78 is 2.39. The van der Waals surface area contributed by atoms with Crippen molar-refractivity contribution < 1.29 is 0 Å². The van der Waals surface area contributed by atoms with E-state index < -0.39 is 10.8 Å². The van der Waals surface area contributed by atoms with Crippen molar-refractivity contribution in [1.29, 1.82) is 0 Å². The standard InChI is InChI=1S/C68H46N2/c1-5-21-47(22-6-1)48-39-41-53(42-40-48)69(55-43-44-65-59(46-55)57-32-14-18-38-64(57)70(65)52-28-11-4-12-29-52)54-30-19-27-51(45-54)67(49-23-7-2-8-24-49)61-35-16-17-36-62(61)68(50-25-9-3-10-26-50)60-34-15-13-31-56(60)58-33-20-37-63(67)66(58)68/h1-46H. The van der Waals surface area contributed by atoms with Gasteiger partial charge in [-0.1, -0.05) is 218 Å². The Labute approximate surface area is 408 Å². The maximum atomic E-state index is 2.48. The molecule has 0 amide bonds. The number of aromatic nitrogens is 1. The van der Waals surface area contributed by atoms with Crippen molar-refractivity contribution in [3.05, 3.63) is 324 Å². The van der Waals surface area contributed by atoms with Gasteiger partial charge in [-0.05, 0) is 127 Å². The van der Waals surface area contributed by atoms with Crippen LogP contribution >= 0.6 is 0 Å². The molecule has 0 radical (unpaired) electrons. The normalized spacial score (nSPS) is 16.4. The maximum absolute atomic E-state index is 2.48. The third-order valence-corrected chi connectivity index (χ3v) is 15.3. The van der Waals surface area contributed by atoms with Crippen molar-refractivity contribution in [3.8, 4) is 27.9 Å². The van der Waals surface area contributed by atoms with Gasteiger partial charge in [0.05, 0.1) is 21.9 Å². The van der Waals surface area contributed by atoms with E-state index in [4.69, 9.17) is 0 Å². The lowest BCUT2D eigenvalue weighted by Crippen LogP contribution is -2.44. The highest BCUT2D eigenvalue weighted by atomic mass is 15.1. The average molecular weight is 891 g/mol. The van der Waals surface area contributed by atoms with Crippen LogP contribution in [0.15, 0.2) is 279 Å². The average Bonchev–Trinajstić information content (AvgIpc) is 3.94. The molecule has 2 unspecified atom stereocenters. The van der Waals surface area contributed by atoms with E-state index in [1.807, 2.05) is 0 Å². The summed E-state index contributed by atoms with van der Waals surface area (Å²) in [5.41, 5.74) is 20.9. The van der Waals surface area contributed by atoms with Gasteiger partial charge in [0.2, 0.25) is 0 Å². The smallest absolute Gasteiger partial charge is 0.0720 e. The number of rotatable bonds is 8. The van der Waals surface area contributed by atoms with Gasteiger partial charge in [0.1, 0.15) is 0 Å². The van der Waals surface area contributed by atoms with Crippen LogP contribution in [0.1, 0.15) is 44.5 Å². The molecule has 328 valence electrons. The summed E-state index contributed by atoms with van der Waals surface area (Å²) in [7, 11) is 0. The summed E-state index contributed by atoms with van der Waals surface area (Å²) in [6.45, 7) is 0. The van der Waals surface area contributed by atoms with Gasteiger partial charge in [0.25, 0.3) is 0 Å². The van der Waals surface area contributed by atoms with E-state index >= 15 is 0 Å². The SMILES string of the molecule is c1ccc(-c2ccc(N(c3cccc(C4(c5ccccc5)c5ccccc5C5(c6ccccc6)c6ccccc6-c6cccc4c65)c3)c3ccc4c(c3)c3ccccc3n4-c3ccccc3)cc2)cc1. The van der Waals surface area contributed by atoms with Gasteiger partial charge in [0.15, 0.2) is 0 Å². The maximum Gasteiger partial charge on any atom is 0.0720 e. The summed E-state index contributed by atoms with van der Waals surface area (Å²) in [6, 6.07) is 104. The van der Waals surface area contributed by atoms with Crippen LogP contribution in [-0.4, -0.2) is 4.57 Å². The molecule has 0 spiro atoms. The summed E-state index contributed by atoms with van der Waals surface area (Å²) in [4.78, 5) is 2.46. The highest BCUT2D eigenvalue weighted by molar-refractivity contribution is 6.10. The topological polar surface area (TPSA) is 8.17 Å². The third kappa shape index (κ3) is 5.68. The Kier molecular flexibility index (Phi) is 9.06. The van der Waals surface area contributed by atoms with Crippen LogP contribution in [0, 0.1) is 0 Å². The minimum Gasteiger partial charge on any atom is -0.310 e. The molecule has 2 aliphatic carbocycles.